The van der Waals surface area contributed by atoms with Crippen molar-refractivity contribution in [3.63, 3.8) is 0 Å². The highest BCUT2D eigenvalue weighted by Gasteiger charge is 2.22. The Bertz CT molecular complexity index is 1360. The molecule has 10 heteroatoms. The minimum Gasteiger partial charge on any atom is -0.495 e. The third kappa shape index (κ3) is 3.14. The molecular formula is C20H18ClN5O3S. The molecule has 0 bridgehead atoms. The number of benzene rings is 1. The fraction of sp³-hybridized carbons (Fsp3) is 0.300. The maximum atomic E-state index is 12.8. The normalized spacial score (nSPS) is 13.5. The standard InChI is InChI=1S/C20H18ClN5O3S/c1-29-14-7-6-11(8-13(14)21)23-16(27)9-26-20(28)25-10-22-19-17(18(25)24-26)12-4-2-3-5-15(12)30-19/h6-8,10H,2-5,9H2,1H3,(H,23,27). The van der Waals surface area contributed by atoms with Gasteiger partial charge in [0.1, 0.15) is 23.5 Å². The number of aromatic nitrogens is 4. The number of thiophene rings is 1. The van der Waals surface area contributed by atoms with Crippen LogP contribution in [-0.2, 0) is 24.2 Å². The highest BCUT2D eigenvalue weighted by atomic mass is 35.5. The van der Waals surface area contributed by atoms with E-state index in [-0.39, 0.29) is 12.5 Å². The molecule has 0 saturated carbocycles. The summed E-state index contributed by atoms with van der Waals surface area (Å²) in [6.07, 6.45) is 5.80. The number of fused-ring (bicyclic) bond motifs is 5. The predicted molar refractivity (Wildman–Crippen MR) is 116 cm³/mol. The summed E-state index contributed by atoms with van der Waals surface area (Å²) >= 11 is 7.77. The molecule has 3 aromatic heterocycles. The molecule has 8 nitrogen and oxygen atoms in total. The Labute approximate surface area is 180 Å². The lowest BCUT2D eigenvalue weighted by atomic mass is 9.97. The van der Waals surface area contributed by atoms with E-state index in [9.17, 15) is 9.59 Å². The highest BCUT2D eigenvalue weighted by Crippen LogP contribution is 2.36. The number of nitrogens with zero attached hydrogens (tertiary/aromatic N) is 4. The summed E-state index contributed by atoms with van der Waals surface area (Å²) in [7, 11) is 1.52. The summed E-state index contributed by atoms with van der Waals surface area (Å²) in [5.41, 5.74) is 1.93. The minimum absolute atomic E-state index is 0.210. The van der Waals surface area contributed by atoms with E-state index >= 15 is 0 Å². The lowest BCUT2D eigenvalue weighted by Gasteiger charge is -2.09. The summed E-state index contributed by atoms with van der Waals surface area (Å²) < 4.78 is 7.70. The van der Waals surface area contributed by atoms with Crippen LogP contribution in [0.15, 0.2) is 29.3 Å². The van der Waals surface area contributed by atoms with Gasteiger partial charge in [-0.15, -0.1) is 16.4 Å². The van der Waals surface area contributed by atoms with E-state index in [1.807, 2.05) is 0 Å². The Kier molecular flexibility index (Phi) is 4.71. The number of aryl methyl sites for hydroxylation is 2. The van der Waals surface area contributed by atoms with E-state index in [4.69, 9.17) is 16.3 Å². The zero-order chi connectivity index (χ0) is 20.8. The number of hydrogen-bond donors (Lipinski definition) is 1. The second-order valence-electron chi connectivity index (χ2n) is 7.17. The monoisotopic (exact) mass is 443 g/mol. The fourth-order valence-corrected chi connectivity index (χ4v) is 5.34. The van der Waals surface area contributed by atoms with Gasteiger partial charge >= 0.3 is 5.69 Å². The van der Waals surface area contributed by atoms with Crippen LogP contribution in [0.2, 0.25) is 5.02 Å². The van der Waals surface area contributed by atoms with Crippen LogP contribution >= 0.6 is 22.9 Å². The SMILES string of the molecule is COc1ccc(NC(=O)Cn2nc3c4c5c(sc4ncn3c2=O)CCCC5)cc1Cl. The molecule has 0 spiro atoms. The Morgan fingerprint density at radius 3 is 2.97 bits per heavy atom. The average Bonchev–Trinajstić information content (AvgIpc) is 3.26. The smallest absolute Gasteiger partial charge is 0.352 e. The lowest BCUT2D eigenvalue weighted by molar-refractivity contribution is -0.117. The fourth-order valence-electron chi connectivity index (χ4n) is 3.86. The second kappa shape index (κ2) is 7.41. The molecule has 1 aliphatic rings. The first-order chi connectivity index (χ1) is 14.5. The Balaban J connectivity index is 1.47. The van der Waals surface area contributed by atoms with Gasteiger partial charge in [0.25, 0.3) is 0 Å². The van der Waals surface area contributed by atoms with Crippen LogP contribution in [0.3, 0.4) is 0 Å². The van der Waals surface area contributed by atoms with Crippen LogP contribution in [0.4, 0.5) is 5.69 Å². The topological polar surface area (TPSA) is 90.5 Å². The zero-order valence-electron chi connectivity index (χ0n) is 16.1. The van der Waals surface area contributed by atoms with Crippen molar-refractivity contribution in [2.75, 3.05) is 12.4 Å². The molecule has 0 unspecified atom stereocenters. The number of anilines is 1. The number of rotatable bonds is 4. The van der Waals surface area contributed by atoms with E-state index in [1.165, 1.54) is 39.4 Å². The molecule has 0 fully saturated rings. The number of nitrogens with one attached hydrogen (secondary N) is 1. The van der Waals surface area contributed by atoms with E-state index < -0.39 is 5.69 Å². The van der Waals surface area contributed by atoms with Gasteiger partial charge in [0.15, 0.2) is 5.65 Å². The van der Waals surface area contributed by atoms with Gasteiger partial charge in [-0.25, -0.2) is 18.9 Å². The number of ether oxygens (including phenoxy) is 1. The number of hydrogen-bond acceptors (Lipinski definition) is 6. The van der Waals surface area contributed by atoms with Gasteiger partial charge in [-0.2, -0.15) is 0 Å². The number of methoxy groups -OCH3 is 1. The van der Waals surface area contributed by atoms with Crippen molar-refractivity contribution >= 4 is 50.4 Å². The Morgan fingerprint density at radius 2 is 2.17 bits per heavy atom. The van der Waals surface area contributed by atoms with Crippen LogP contribution in [0.1, 0.15) is 23.3 Å². The quantitative estimate of drug-likeness (QED) is 0.522. The Morgan fingerprint density at radius 1 is 1.33 bits per heavy atom. The van der Waals surface area contributed by atoms with Crippen molar-refractivity contribution < 1.29 is 9.53 Å². The van der Waals surface area contributed by atoms with Crippen molar-refractivity contribution in [2.24, 2.45) is 0 Å². The molecule has 1 N–H and O–H groups in total. The zero-order valence-corrected chi connectivity index (χ0v) is 17.7. The van der Waals surface area contributed by atoms with Gasteiger partial charge in [0, 0.05) is 10.6 Å². The molecule has 0 saturated heterocycles. The van der Waals surface area contributed by atoms with E-state index in [0.29, 0.717) is 22.1 Å². The molecule has 0 aliphatic heterocycles. The van der Waals surface area contributed by atoms with Gasteiger partial charge in [0.05, 0.1) is 17.5 Å². The van der Waals surface area contributed by atoms with E-state index in [0.717, 1.165) is 29.5 Å². The predicted octanol–water partition coefficient (Wildman–Crippen LogP) is 3.29. The Hall–Kier alpha value is -2.91. The minimum atomic E-state index is -0.391. The van der Waals surface area contributed by atoms with E-state index in [1.54, 1.807) is 29.5 Å². The van der Waals surface area contributed by atoms with Crippen molar-refractivity contribution in [3.05, 3.63) is 50.5 Å². The molecule has 4 aromatic rings. The van der Waals surface area contributed by atoms with Crippen molar-refractivity contribution in [1.82, 2.24) is 19.2 Å². The number of amides is 1. The third-order valence-electron chi connectivity index (χ3n) is 5.27. The van der Waals surface area contributed by atoms with Crippen LogP contribution in [0.5, 0.6) is 5.75 Å². The number of halogens is 1. The number of carbonyl (C=O) groups is 1. The maximum absolute atomic E-state index is 12.8. The summed E-state index contributed by atoms with van der Waals surface area (Å²) in [6.45, 7) is -0.210. The van der Waals surface area contributed by atoms with Gasteiger partial charge in [0.2, 0.25) is 5.91 Å². The summed E-state index contributed by atoms with van der Waals surface area (Å²) in [6, 6.07) is 4.94. The summed E-state index contributed by atoms with van der Waals surface area (Å²) in [4.78, 5) is 32.0. The van der Waals surface area contributed by atoms with Gasteiger partial charge in [-0.05, 0) is 49.4 Å². The van der Waals surface area contributed by atoms with Crippen molar-refractivity contribution in [1.29, 1.82) is 0 Å². The molecule has 154 valence electrons. The van der Waals surface area contributed by atoms with Crippen LogP contribution in [0, 0.1) is 0 Å². The molecule has 0 atom stereocenters. The summed E-state index contributed by atoms with van der Waals surface area (Å²) in [5, 5.41) is 8.53. The molecule has 1 amide bonds. The lowest BCUT2D eigenvalue weighted by Crippen LogP contribution is -2.28. The average molecular weight is 444 g/mol. The maximum Gasteiger partial charge on any atom is 0.352 e. The van der Waals surface area contributed by atoms with Crippen LogP contribution in [0.25, 0.3) is 15.9 Å². The largest absolute Gasteiger partial charge is 0.495 e. The first-order valence-electron chi connectivity index (χ1n) is 9.57. The molecule has 1 aliphatic carbocycles. The summed E-state index contributed by atoms with van der Waals surface area (Å²) in [5.74, 6) is 0.139. The van der Waals surface area contributed by atoms with Crippen molar-refractivity contribution in [2.45, 2.75) is 32.2 Å². The van der Waals surface area contributed by atoms with Gasteiger partial charge < -0.3 is 10.1 Å². The molecule has 0 radical (unpaired) electrons. The van der Waals surface area contributed by atoms with Crippen LogP contribution < -0.4 is 15.7 Å². The van der Waals surface area contributed by atoms with Crippen LogP contribution in [-0.4, -0.2) is 32.2 Å². The van der Waals surface area contributed by atoms with E-state index in [2.05, 4.69) is 15.4 Å². The van der Waals surface area contributed by atoms with Crippen molar-refractivity contribution in [3.8, 4) is 5.75 Å². The van der Waals surface area contributed by atoms with Gasteiger partial charge in [-0.3, -0.25) is 4.79 Å². The first-order valence-corrected chi connectivity index (χ1v) is 10.8. The third-order valence-corrected chi connectivity index (χ3v) is 6.76. The molecule has 30 heavy (non-hydrogen) atoms. The molecule has 1 aromatic carbocycles. The first kappa shape index (κ1) is 19.1. The number of carbonyl (C=O) groups excluding carboxylic acids is 1. The van der Waals surface area contributed by atoms with Gasteiger partial charge in [-0.1, -0.05) is 11.6 Å². The molecule has 5 rings (SSSR count). The second-order valence-corrected chi connectivity index (χ2v) is 8.66. The molecule has 3 heterocycles. The molecular weight excluding hydrogens is 426 g/mol. The highest BCUT2D eigenvalue weighted by molar-refractivity contribution is 7.19.